The quantitative estimate of drug-likeness (QED) is 0.357. The second-order valence-corrected chi connectivity index (χ2v) is 4.01. The summed E-state index contributed by atoms with van der Waals surface area (Å²) in [4.78, 5) is 21.8. The Kier molecular flexibility index (Phi) is 5.53. The van der Waals surface area contributed by atoms with Gasteiger partial charge in [0.05, 0.1) is 16.6 Å². The highest BCUT2D eigenvalue weighted by molar-refractivity contribution is 6.34. The zero-order chi connectivity index (χ0) is 14.4. The number of nitrogens with one attached hydrogen (secondary N) is 1. The zero-order valence-electron chi connectivity index (χ0n) is 10.3. The van der Waals surface area contributed by atoms with Crippen LogP contribution in [0.15, 0.2) is 12.1 Å². The topological polar surface area (TPSA) is 107 Å². The van der Waals surface area contributed by atoms with E-state index in [9.17, 15) is 14.9 Å². The summed E-state index contributed by atoms with van der Waals surface area (Å²) < 4.78 is 5.06. The molecule has 104 valence electrons. The van der Waals surface area contributed by atoms with Crippen LogP contribution in [0.5, 0.6) is 0 Å². The first-order valence-corrected chi connectivity index (χ1v) is 5.94. The molecule has 0 aromatic heterocycles. The molecule has 1 amide bonds. The van der Waals surface area contributed by atoms with E-state index in [0.29, 0.717) is 19.8 Å². The maximum absolute atomic E-state index is 11.8. The number of halogens is 1. The summed E-state index contributed by atoms with van der Waals surface area (Å²) in [5.41, 5.74) is 5.01. The highest BCUT2D eigenvalue weighted by Gasteiger charge is 2.19. The van der Waals surface area contributed by atoms with Crippen molar-refractivity contribution in [3.8, 4) is 0 Å². The molecule has 1 rings (SSSR count). The van der Waals surface area contributed by atoms with Gasteiger partial charge in [-0.25, -0.2) is 0 Å². The number of anilines is 1. The second-order valence-electron chi connectivity index (χ2n) is 3.60. The van der Waals surface area contributed by atoms with Crippen LogP contribution in [0.1, 0.15) is 17.3 Å². The molecule has 3 N–H and O–H groups in total. The van der Waals surface area contributed by atoms with Gasteiger partial charge in [-0.2, -0.15) is 0 Å². The van der Waals surface area contributed by atoms with Gasteiger partial charge < -0.3 is 15.8 Å². The predicted molar refractivity (Wildman–Crippen MR) is 71.3 cm³/mol. The monoisotopic (exact) mass is 287 g/mol. The first-order chi connectivity index (χ1) is 8.97. The normalized spacial score (nSPS) is 10.2. The molecule has 1 aromatic carbocycles. The lowest BCUT2D eigenvalue weighted by atomic mass is 10.1. The molecule has 0 aliphatic heterocycles. The summed E-state index contributed by atoms with van der Waals surface area (Å²) in [5.74, 6) is -0.468. The summed E-state index contributed by atoms with van der Waals surface area (Å²) in [6.45, 7) is 3.06. The molecule has 0 saturated heterocycles. The van der Waals surface area contributed by atoms with Crippen molar-refractivity contribution in [3.05, 3.63) is 32.8 Å². The van der Waals surface area contributed by atoms with Crippen LogP contribution in [0.2, 0.25) is 5.02 Å². The van der Waals surface area contributed by atoms with E-state index in [1.807, 2.05) is 6.92 Å². The number of amides is 1. The third-order valence-electron chi connectivity index (χ3n) is 2.30. The fraction of sp³-hybridized carbons (Fsp3) is 0.364. The van der Waals surface area contributed by atoms with Crippen LogP contribution < -0.4 is 11.1 Å². The minimum Gasteiger partial charge on any atom is -0.392 e. The third-order valence-corrected chi connectivity index (χ3v) is 2.62. The fourth-order valence-electron chi connectivity index (χ4n) is 1.37. The lowest BCUT2D eigenvalue weighted by Crippen LogP contribution is -2.27. The van der Waals surface area contributed by atoms with Crippen molar-refractivity contribution in [2.24, 2.45) is 0 Å². The summed E-state index contributed by atoms with van der Waals surface area (Å²) >= 11 is 5.76. The number of nitrogens with two attached hydrogens (primary N) is 1. The van der Waals surface area contributed by atoms with Gasteiger partial charge in [-0.05, 0) is 13.0 Å². The van der Waals surface area contributed by atoms with Crippen molar-refractivity contribution < 1.29 is 14.5 Å². The average molecular weight is 288 g/mol. The van der Waals surface area contributed by atoms with Crippen molar-refractivity contribution in [2.45, 2.75) is 6.92 Å². The molecule has 0 unspecified atom stereocenters. The molecule has 0 heterocycles. The number of nitrogens with zero attached hydrogens (tertiary/aromatic N) is 1. The number of benzene rings is 1. The number of nitro benzene ring substituents is 1. The Morgan fingerprint density at radius 2 is 2.26 bits per heavy atom. The van der Waals surface area contributed by atoms with Crippen LogP contribution in [-0.2, 0) is 4.74 Å². The number of carbonyl (C=O) groups is 1. The van der Waals surface area contributed by atoms with Gasteiger partial charge in [-0.1, -0.05) is 11.6 Å². The standard InChI is InChI=1S/C11H14ClN3O4/c1-2-19-4-3-14-11(16)7-5-8(12)10(13)9(6-7)15(17)18/h5-6H,2-4,13H2,1H3,(H,14,16). The van der Waals surface area contributed by atoms with Crippen LogP contribution in [-0.4, -0.2) is 30.6 Å². The van der Waals surface area contributed by atoms with Crippen LogP contribution in [0.4, 0.5) is 11.4 Å². The molecular formula is C11H14ClN3O4. The Labute approximate surface area is 114 Å². The van der Waals surface area contributed by atoms with Crippen molar-refractivity contribution in [1.82, 2.24) is 5.32 Å². The SMILES string of the molecule is CCOCCNC(=O)c1cc(Cl)c(N)c([N+](=O)[O-])c1. The Morgan fingerprint density at radius 1 is 1.58 bits per heavy atom. The molecule has 7 nitrogen and oxygen atoms in total. The number of ether oxygens (including phenoxy) is 1. The first-order valence-electron chi connectivity index (χ1n) is 5.56. The van der Waals surface area contributed by atoms with E-state index in [0.717, 1.165) is 6.07 Å². The molecular weight excluding hydrogens is 274 g/mol. The summed E-state index contributed by atoms with van der Waals surface area (Å²) in [6.07, 6.45) is 0. The molecule has 0 saturated carbocycles. The van der Waals surface area contributed by atoms with Gasteiger partial charge >= 0.3 is 0 Å². The van der Waals surface area contributed by atoms with Gasteiger partial charge in [-0.15, -0.1) is 0 Å². The number of nitrogen functional groups attached to an aromatic ring is 1. The highest BCUT2D eigenvalue weighted by Crippen LogP contribution is 2.30. The molecule has 0 aliphatic carbocycles. The van der Waals surface area contributed by atoms with Gasteiger partial charge in [0, 0.05) is 24.8 Å². The molecule has 0 bridgehead atoms. The molecule has 0 spiro atoms. The first kappa shape index (κ1) is 15.2. The van der Waals surface area contributed by atoms with Gasteiger partial charge in [0.15, 0.2) is 0 Å². The number of rotatable bonds is 6. The minimum atomic E-state index is -0.682. The van der Waals surface area contributed by atoms with Crippen molar-refractivity contribution in [1.29, 1.82) is 0 Å². The Balaban J connectivity index is 2.83. The fourth-order valence-corrected chi connectivity index (χ4v) is 1.58. The van der Waals surface area contributed by atoms with E-state index in [2.05, 4.69) is 5.32 Å². The van der Waals surface area contributed by atoms with Gasteiger partial charge in [0.2, 0.25) is 0 Å². The molecule has 0 fully saturated rings. The number of carbonyl (C=O) groups excluding carboxylic acids is 1. The van der Waals surface area contributed by atoms with Crippen molar-refractivity contribution in [3.63, 3.8) is 0 Å². The van der Waals surface area contributed by atoms with Crippen LogP contribution >= 0.6 is 11.6 Å². The summed E-state index contributed by atoms with van der Waals surface area (Å²) in [5, 5.41) is 13.3. The van der Waals surface area contributed by atoms with E-state index in [1.54, 1.807) is 0 Å². The Morgan fingerprint density at radius 3 is 2.84 bits per heavy atom. The van der Waals surface area contributed by atoms with E-state index in [-0.39, 0.29) is 22.0 Å². The molecule has 1 aromatic rings. The Hall–Kier alpha value is -1.86. The summed E-state index contributed by atoms with van der Waals surface area (Å²) in [7, 11) is 0. The Bertz CT molecular complexity index is 493. The lowest BCUT2D eigenvalue weighted by molar-refractivity contribution is -0.383. The number of hydrogen-bond donors (Lipinski definition) is 2. The highest BCUT2D eigenvalue weighted by atomic mass is 35.5. The van der Waals surface area contributed by atoms with E-state index in [4.69, 9.17) is 22.1 Å². The number of nitro groups is 1. The molecule has 19 heavy (non-hydrogen) atoms. The van der Waals surface area contributed by atoms with E-state index < -0.39 is 10.8 Å². The van der Waals surface area contributed by atoms with Crippen LogP contribution in [0.25, 0.3) is 0 Å². The van der Waals surface area contributed by atoms with E-state index >= 15 is 0 Å². The number of hydrogen-bond acceptors (Lipinski definition) is 5. The van der Waals surface area contributed by atoms with E-state index in [1.165, 1.54) is 6.07 Å². The third kappa shape index (κ3) is 4.08. The van der Waals surface area contributed by atoms with Gasteiger partial charge in [-0.3, -0.25) is 14.9 Å². The maximum Gasteiger partial charge on any atom is 0.294 e. The smallest absolute Gasteiger partial charge is 0.294 e. The lowest BCUT2D eigenvalue weighted by Gasteiger charge is -2.07. The molecule has 0 aliphatic rings. The second kappa shape index (κ2) is 6.91. The van der Waals surface area contributed by atoms with Crippen molar-refractivity contribution >= 4 is 28.9 Å². The van der Waals surface area contributed by atoms with Crippen LogP contribution in [0.3, 0.4) is 0 Å². The zero-order valence-corrected chi connectivity index (χ0v) is 11.1. The van der Waals surface area contributed by atoms with Gasteiger partial charge in [0.1, 0.15) is 5.69 Å². The largest absolute Gasteiger partial charge is 0.392 e. The minimum absolute atomic E-state index is 0.0239. The van der Waals surface area contributed by atoms with Crippen LogP contribution in [0, 0.1) is 10.1 Å². The summed E-state index contributed by atoms with van der Waals surface area (Å²) in [6, 6.07) is 2.39. The predicted octanol–water partition coefficient (Wildman–Crippen LogP) is 1.60. The maximum atomic E-state index is 11.8. The molecule has 8 heteroatoms. The molecule has 0 radical (unpaired) electrons. The average Bonchev–Trinajstić information content (AvgIpc) is 2.37. The van der Waals surface area contributed by atoms with Crippen molar-refractivity contribution in [2.75, 3.05) is 25.5 Å². The molecule has 0 atom stereocenters. The van der Waals surface area contributed by atoms with Gasteiger partial charge in [0.25, 0.3) is 11.6 Å².